The number of fused-ring (bicyclic) bond motifs is 1. The number of carboxylic acid groups (broad SMARTS) is 1. The number of nitrogens with zero attached hydrogens (tertiary/aromatic N) is 3. The molecule has 0 saturated heterocycles. The van der Waals surface area contributed by atoms with Crippen LogP contribution in [-0.4, -0.2) is 33.3 Å². The van der Waals surface area contributed by atoms with E-state index in [4.69, 9.17) is 5.10 Å². The van der Waals surface area contributed by atoms with Gasteiger partial charge < -0.3 is 5.11 Å². The van der Waals surface area contributed by atoms with Gasteiger partial charge in [0.15, 0.2) is 5.82 Å². The fourth-order valence-corrected chi connectivity index (χ4v) is 4.24. The van der Waals surface area contributed by atoms with E-state index < -0.39 is 12.0 Å². The number of para-hydroxylation sites is 1. The van der Waals surface area contributed by atoms with Crippen LogP contribution in [0.5, 0.6) is 0 Å². The summed E-state index contributed by atoms with van der Waals surface area (Å²) in [4.78, 5) is 25.6. The number of hydrogen-bond donors (Lipinski definition) is 1. The fraction of sp³-hybridized carbons (Fsp3) is 0.0690. The van der Waals surface area contributed by atoms with Gasteiger partial charge in [-0.25, -0.2) is 9.48 Å². The number of aromatic nitrogens is 2. The van der Waals surface area contributed by atoms with E-state index in [-0.39, 0.29) is 12.2 Å². The van der Waals surface area contributed by atoms with Gasteiger partial charge in [0.25, 0.3) is 0 Å². The normalized spacial score (nSPS) is 11.8. The van der Waals surface area contributed by atoms with E-state index in [9.17, 15) is 14.7 Å². The largest absolute Gasteiger partial charge is 0.480 e. The number of benzene rings is 4. The summed E-state index contributed by atoms with van der Waals surface area (Å²) >= 11 is 0. The molecule has 1 N–H and O–H groups in total. The Labute approximate surface area is 202 Å². The molecule has 0 radical (unpaired) electrons. The molecule has 5 rings (SSSR count). The predicted octanol–water partition coefficient (Wildman–Crippen LogP) is 5.35. The van der Waals surface area contributed by atoms with Crippen molar-refractivity contribution in [3.8, 4) is 16.9 Å². The van der Waals surface area contributed by atoms with Crippen molar-refractivity contribution < 1.29 is 14.7 Å². The lowest BCUT2D eigenvalue weighted by molar-refractivity contribution is -0.139. The van der Waals surface area contributed by atoms with Crippen LogP contribution in [0.4, 0.5) is 5.82 Å². The Bertz CT molecular complexity index is 1480. The molecule has 0 aliphatic carbocycles. The molecule has 0 aliphatic rings. The van der Waals surface area contributed by atoms with Crippen LogP contribution in [0.3, 0.4) is 0 Å². The number of hydrogen-bond acceptors (Lipinski definition) is 3. The van der Waals surface area contributed by atoms with Crippen molar-refractivity contribution in [2.45, 2.75) is 12.5 Å². The van der Waals surface area contributed by atoms with Gasteiger partial charge in [0.1, 0.15) is 6.04 Å². The second-order valence-corrected chi connectivity index (χ2v) is 8.25. The highest BCUT2D eigenvalue weighted by Crippen LogP contribution is 2.31. The van der Waals surface area contributed by atoms with Crippen LogP contribution < -0.4 is 4.90 Å². The zero-order chi connectivity index (χ0) is 24.2. The first kappa shape index (κ1) is 22.1. The first-order valence-corrected chi connectivity index (χ1v) is 11.3. The van der Waals surface area contributed by atoms with E-state index in [1.807, 2.05) is 97.1 Å². The van der Waals surface area contributed by atoms with Crippen molar-refractivity contribution >= 4 is 29.0 Å². The van der Waals surface area contributed by atoms with E-state index >= 15 is 0 Å². The lowest BCUT2D eigenvalue weighted by Crippen LogP contribution is -2.42. The van der Waals surface area contributed by atoms with Crippen LogP contribution in [0.15, 0.2) is 109 Å². The van der Waals surface area contributed by atoms with E-state index in [0.29, 0.717) is 6.41 Å². The maximum Gasteiger partial charge on any atom is 0.327 e. The van der Waals surface area contributed by atoms with Crippen molar-refractivity contribution in [2.75, 3.05) is 4.90 Å². The van der Waals surface area contributed by atoms with Crippen LogP contribution in [-0.2, 0) is 16.0 Å². The van der Waals surface area contributed by atoms with Crippen molar-refractivity contribution in [2.24, 2.45) is 0 Å². The minimum Gasteiger partial charge on any atom is -0.480 e. The molecule has 0 saturated carbocycles. The fourth-order valence-electron chi connectivity index (χ4n) is 4.24. The van der Waals surface area contributed by atoms with E-state index in [1.54, 1.807) is 10.7 Å². The molecule has 5 aromatic rings. The molecule has 1 amide bonds. The molecule has 0 aliphatic heterocycles. The molecule has 6 heteroatoms. The van der Waals surface area contributed by atoms with Gasteiger partial charge in [-0.05, 0) is 34.5 Å². The lowest BCUT2D eigenvalue weighted by atomic mass is 10.0. The van der Waals surface area contributed by atoms with Gasteiger partial charge >= 0.3 is 5.97 Å². The van der Waals surface area contributed by atoms with Crippen LogP contribution in [0.2, 0.25) is 0 Å². The Morgan fingerprint density at radius 1 is 0.857 bits per heavy atom. The first-order valence-electron chi connectivity index (χ1n) is 11.3. The van der Waals surface area contributed by atoms with Crippen molar-refractivity contribution in [3.63, 3.8) is 0 Å². The average molecular weight is 462 g/mol. The van der Waals surface area contributed by atoms with Crippen LogP contribution in [0.25, 0.3) is 27.7 Å². The molecule has 0 bridgehead atoms. The summed E-state index contributed by atoms with van der Waals surface area (Å²) in [5, 5.41) is 16.9. The Morgan fingerprint density at radius 3 is 2.20 bits per heavy atom. The van der Waals surface area contributed by atoms with Crippen molar-refractivity contribution in [1.29, 1.82) is 0 Å². The standard InChI is InChI=1S/C29H23N3O3/c33-20-31(27(29(34)35)17-21-9-3-1-4-10-21)28-19-26(32(30-28)25-13-5-2-6-14-25)24-16-15-22-11-7-8-12-23(22)18-24/h1-16,18-20,27H,17H2,(H,34,35)/t27-/m0/s1. The minimum atomic E-state index is -1.10. The Hall–Kier alpha value is -4.71. The van der Waals surface area contributed by atoms with Crippen LogP contribution >= 0.6 is 0 Å². The van der Waals surface area contributed by atoms with Gasteiger partial charge in [-0.15, -0.1) is 5.10 Å². The van der Waals surface area contributed by atoms with E-state index in [2.05, 4.69) is 6.07 Å². The molecule has 35 heavy (non-hydrogen) atoms. The van der Waals surface area contributed by atoms with Crippen LogP contribution in [0, 0.1) is 0 Å². The molecule has 1 atom stereocenters. The molecular formula is C29H23N3O3. The van der Waals surface area contributed by atoms with Gasteiger partial charge in [-0.3, -0.25) is 9.69 Å². The molecule has 0 unspecified atom stereocenters. The highest BCUT2D eigenvalue weighted by atomic mass is 16.4. The monoisotopic (exact) mass is 461 g/mol. The van der Waals surface area contributed by atoms with Gasteiger partial charge in [0.2, 0.25) is 6.41 Å². The number of anilines is 1. The summed E-state index contributed by atoms with van der Waals surface area (Å²) in [5.74, 6) is -0.821. The maximum absolute atomic E-state index is 12.2. The lowest BCUT2D eigenvalue weighted by Gasteiger charge is -2.23. The third-order valence-corrected chi connectivity index (χ3v) is 6.01. The molecule has 0 spiro atoms. The van der Waals surface area contributed by atoms with Crippen molar-refractivity contribution in [3.05, 3.63) is 115 Å². The number of amides is 1. The quantitative estimate of drug-likeness (QED) is 0.316. The summed E-state index contributed by atoms with van der Waals surface area (Å²) in [7, 11) is 0. The number of aliphatic carboxylic acids is 1. The van der Waals surface area contributed by atoms with Crippen LogP contribution in [0.1, 0.15) is 5.56 Å². The minimum absolute atomic E-state index is 0.165. The summed E-state index contributed by atoms with van der Waals surface area (Å²) < 4.78 is 1.75. The third-order valence-electron chi connectivity index (χ3n) is 6.01. The Kier molecular flexibility index (Phi) is 6.09. The Morgan fingerprint density at radius 2 is 1.51 bits per heavy atom. The molecule has 1 heterocycles. The molecular weight excluding hydrogens is 438 g/mol. The third kappa shape index (κ3) is 4.54. The SMILES string of the molecule is O=CN(c1cc(-c2ccc3ccccc3c2)n(-c2ccccc2)n1)[C@@H](Cc1ccccc1)C(=O)O. The van der Waals surface area contributed by atoms with Crippen molar-refractivity contribution in [1.82, 2.24) is 9.78 Å². The average Bonchev–Trinajstić information content (AvgIpc) is 3.34. The topological polar surface area (TPSA) is 75.4 Å². The van der Waals surface area contributed by atoms with Gasteiger partial charge in [-0.1, -0.05) is 84.9 Å². The summed E-state index contributed by atoms with van der Waals surface area (Å²) in [6.45, 7) is 0. The maximum atomic E-state index is 12.2. The molecule has 6 nitrogen and oxygen atoms in total. The summed E-state index contributed by atoms with van der Waals surface area (Å²) in [5.41, 5.74) is 3.30. The molecule has 1 aromatic heterocycles. The molecule has 4 aromatic carbocycles. The number of carbonyl (C=O) groups is 2. The molecule has 0 fully saturated rings. The second kappa shape index (κ2) is 9.65. The first-order chi connectivity index (χ1) is 17.1. The predicted molar refractivity (Wildman–Crippen MR) is 137 cm³/mol. The summed E-state index contributed by atoms with van der Waals surface area (Å²) in [6, 6.07) is 33.7. The zero-order valence-corrected chi connectivity index (χ0v) is 18.9. The summed E-state index contributed by atoms with van der Waals surface area (Å²) in [6.07, 6.45) is 0.710. The molecule has 172 valence electrons. The number of carboxylic acids is 1. The number of rotatable bonds is 8. The highest BCUT2D eigenvalue weighted by molar-refractivity contribution is 5.90. The zero-order valence-electron chi connectivity index (χ0n) is 18.9. The second-order valence-electron chi connectivity index (χ2n) is 8.25. The smallest absolute Gasteiger partial charge is 0.327 e. The van der Waals surface area contributed by atoms with E-state index in [0.717, 1.165) is 33.3 Å². The van der Waals surface area contributed by atoms with Gasteiger partial charge in [-0.2, -0.15) is 0 Å². The van der Waals surface area contributed by atoms with E-state index in [1.165, 1.54) is 4.90 Å². The highest BCUT2D eigenvalue weighted by Gasteiger charge is 2.29. The Balaban J connectivity index is 1.62. The van der Waals surface area contributed by atoms with Gasteiger partial charge in [0.05, 0.1) is 11.4 Å². The number of carbonyl (C=O) groups excluding carboxylic acids is 1. The van der Waals surface area contributed by atoms with Gasteiger partial charge in [0, 0.05) is 18.1 Å².